The lowest BCUT2D eigenvalue weighted by molar-refractivity contribution is -0.138. The van der Waals surface area contributed by atoms with Gasteiger partial charge in [-0.15, -0.1) is 0 Å². The summed E-state index contributed by atoms with van der Waals surface area (Å²) in [5.74, 6) is -1.57. The molecule has 1 heterocycles. The summed E-state index contributed by atoms with van der Waals surface area (Å²) in [6, 6.07) is 13.4. The van der Waals surface area contributed by atoms with E-state index in [-0.39, 0.29) is 24.4 Å². The number of carbonyl (C=O) groups is 3. The van der Waals surface area contributed by atoms with E-state index in [0.717, 1.165) is 0 Å². The van der Waals surface area contributed by atoms with Crippen molar-refractivity contribution in [1.29, 1.82) is 0 Å². The number of anilines is 1. The number of nitrogen functional groups attached to an aromatic ring is 1. The van der Waals surface area contributed by atoms with Crippen LogP contribution in [-0.4, -0.2) is 37.0 Å². The lowest BCUT2D eigenvalue weighted by atomic mass is 10.1. The highest BCUT2D eigenvalue weighted by molar-refractivity contribution is 6.38. The van der Waals surface area contributed by atoms with E-state index >= 15 is 0 Å². The second-order valence-corrected chi connectivity index (χ2v) is 5.58. The third-order valence-corrected chi connectivity index (χ3v) is 3.70. The number of carbonyl (C=O) groups excluding carboxylic acids is 3. The van der Waals surface area contributed by atoms with Gasteiger partial charge in [0.15, 0.2) is 11.5 Å². The minimum absolute atomic E-state index is 0.0578. The number of para-hydroxylation sites is 3. The SMILES string of the molecule is Nc1ccccc1C(=O)NC(=O)C(=O)NCC1COc2ccccc2O1. The number of benzene rings is 2. The van der Waals surface area contributed by atoms with E-state index < -0.39 is 23.8 Å². The largest absolute Gasteiger partial charge is 0.486 e. The quantitative estimate of drug-likeness (QED) is 0.544. The number of nitrogens with two attached hydrogens (primary N) is 1. The monoisotopic (exact) mass is 355 g/mol. The maximum absolute atomic E-state index is 12.0. The number of hydrogen-bond donors (Lipinski definition) is 3. The van der Waals surface area contributed by atoms with E-state index in [9.17, 15) is 14.4 Å². The fraction of sp³-hybridized carbons (Fsp3) is 0.167. The first kappa shape index (κ1) is 17.3. The summed E-state index contributed by atoms with van der Waals surface area (Å²) in [5.41, 5.74) is 6.00. The number of ether oxygens (including phenoxy) is 2. The molecule has 1 atom stereocenters. The summed E-state index contributed by atoms with van der Waals surface area (Å²) in [7, 11) is 0. The molecule has 0 spiro atoms. The van der Waals surface area contributed by atoms with Gasteiger partial charge in [-0.05, 0) is 24.3 Å². The maximum atomic E-state index is 12.0. The zero-order valence-corrected chi connectivity index (χ0v) is 13.7. The van der Waals surface area contributed by atoms with Gasteiger partial charge in [-0.25, -0.2) is 0 Å². The van der Waals surface area contributed by atoms with Gasteiger partial charge in [0, 0.05) is 5.69 Å². The molecule has 2 aromatic rings. The number of imide groups is 1. The van der Waals surface area contributed by atoms with Crippen molar-refractivity contribution in [2.45, 2.75) is 6.10 Å². The summed E-state index contributed by atoms with van der Waals surface area (Å²) in [6.07, 6.45) is -0.442. The normalized spacial score (nSPS) is 15.0. The molecule has 26 heavy (non-hydrogen) atoms. The Bertz CT molecular complexity index is 852. The van der Waals surface area contributed by atoms with Crippen LogP contribution in [0.2, 0.25) is 0 Å². The molecule has 4 N–H and O–H groups in total. The van der Waals surface area contributed by atoms with Crippen LogP contribution in [0.4, 0.5) is 5.69 Å². The average molecular weight is 355 g/mol. The molecule has 3 rings (SSSR count). The predicted octanol–water partition coefficient (Wildman–Crippen LogP) is 0.481. The lowest BCUT2D eigenvalue weighted by Gasteiger charge is -2.26. The van der Waals surface area contributed by atoms with Crippen molar-refractivity contribution >= 4 is 23.4 Å². The van der Waals surface area contributed by atoms with Crippen molar-refractivity contribution in [2.75, 3.05) is 18.9 Å². The van der Waals surface area contributed by atoms with Crippen molar-refractivity contribution in [3.8, 4) is 11.5 Å². The third kappa shape index (κ3) is 3.92. The first-order valence-corrected chi connectivity index (χ1v) is 7.91. The van der Waals surface area contributed by atoms with E-state index in [0.29, 0.717) is 11.5 Å². The van der Waals surface area contributed by atoms with Gasteiger partial charge in [0.25, 0.3) is 5.91 Å². The van der Waals surface area contributed by atoms with Crippen LogP contribution in [0.5, 0.6) is 11.5 Å². The number of hydrogen-bond acceptors (Lipinski definition) is 6. The zero-order chi connectivity index (χ0) is 18.5. The molecule has 8 nitrogen and oxygen atoms in total. The number of rotatable bonds is 3. The highest BCUT2D eigenvalue weighted by atomic mass is 16.6. The van der Waals surface area contributed by atoms with Gasteiger partial charge in [-0.3, -0.25) is 19.7 Å². The van der Waals surface area contributed by atoms with Crippen LogP contribution in [0.15, 0.2) is 48.5 Å². The molecule has 0 saturated carbocycles. The highest BCUT2D eigenvalue weighted by Gasteiger charge is 2.24. The van der Waals surface area contributed by atoms with E-state index in [1.165, 1.54) is 12.1 Å². The van der Waals surface area contributed by atoms with Gasteiger partial charge in [-0.2, -0.15) is 0 Å². The van der Waals surface area contributed by atoms with Crippen molar-refractivity contribution in [3.63, 3.8) is 0 Å². The Kier molecular flexibility index (Phi) is 5.02. The Morgan fingerprint density at radius 1 is 1.00 bits per heavy atom. The molecule has 0 aliphatic carbocycles. The minimum atomic E-state index is -1.07. The number of amides is 3. The van der Waals surface area contributed by atoms with Crippen LogP contribution < -0.4 is 25.8 Å². The Hall–Kier alpha value is -3.55. The smallest absolute Gasteiger partial charge is 0.316 e. The summed E-state index contributed by atoms with van der Waals surface area (Å²) >= 11 is 0. The number of fused-ring (bicyclic) bond motifs is 1. The maximum Gasteiger partial charge on any atom is 0.316 e. The van der Waals surface area contributed by atoms with Crippen molar-refractivity contribution in [1.82, 2.24) is 10.6 Å². The van der Waals surface area contributed by atoms with E-state index in [2.05, 4.69) is 5.32 Å². The van der Waals surface area contributed by atoms with Gasteiger partial charge >= 0.3 is 11.8 Å². The van der Waals surface area contributed by atoms with Crippen molar-refractivity contribution in [3.05, 3.63) is 54.1 Å². The van der Waals surface area contributed by atoms with Crippen LogP contribution in [0.3, 0.4) is 0 Å². The Balaban J connectivity index is 1.50. The number of nitrogens with one attached hydrogen (secondary N) is 2. The molecular weight excluding hydrogens is 338 g/mol. The van der Waals surface area contributed by atoms with Crippen molar-refractivity contribution < 1.29 is 23.9 Å². The van der Waals surface area contributed by atoms with E-state index in [1.54, 1.807) is 30.3 Å². The van der Waals surface area contributed by atoms with E-state index in [1.807, 2.05) is 11.4 Å². The zero-order valence-electron chi connectivity index (χ0n) is 13.7. The summed E-state index contributed by atoms with van der Waals surface area (Å²) in [6.45, 7) is 0.292. The molecule has 0 fully saturated rings. The first-order valence-electron chi connectivity index (χ1n) is 7.91. The van der Waals surface area contributed by atoms with Gasteiger partial charge in [0.05, 0.1) is 12.1 Å². The van der Waals surface area contributed by atoms with Crippen LogP contribution >= 0.6 is 0 Å². The second-order valence-electron chi connectivity index (χ2n) is 5.58. The molecule has 0 bridgehead atoms. The predicted molar refractivity (Wildman–Crippen MR) is 92.7 cm³/mol. The molecule has 1 aliphatic heterocycles. The standard InChI is InChI=1S/C18H17N3O5/c19-13-6-2-1-5-12(13)16(22)21-18(24)17(23)20-9-11-10-25-14-7-3-4-8-15(14)26-11/h1-8,11H,9-10,19H2,(H,20,23)(H,21,22,24). The molecule has 8 heteroatoms. The van der Waals surface area contributed by atoms with Gasteiger partial charge in [0.1, 0.15) is 12.7 Å². The molecular formula is C18H17N3O5. The molecule has 2 aromatic carbocycles. The molecule has 134 valence electrons. The highest BCUT2D eigenvalue weighted by Crippen LogP contribution is 2.30. The Labute approximate surface area is 149 Å². The van der Waals surface area contributed by atoms with Crippen LogP contribution in [-0.2, 0) is 9.59 Å². The first-order chi connectivity index (χ1) is 12.5. The van der Waals surface area contributed by atoms with E-state index in [4.69, 9.17) is 15.2 Å². The summed E-state index contributed by atoms with van der Waals surface area (Å²) < 4.78 is 11.2. The fourth-order valence-corrected chi connectivity index (χ4v) is 2.38. The lowest BCUT2D eigenvalue weighted by Crippen LogP contribution is -2.47. The molecule has 0 aromatic heterocycles. The van der Waals surface area contributed by atoms with Crippen LogP contribution in [0.1, 0.15) is 10.4 Å². The van der Waals surface area contributed by atoms with Gasteiger partial charge in [0.2, 0.25) is 0 Å². The fourth-order valence-electron chi connectivity index (χ4n) is 2.38. The van der Waals surface area contributed by atoms with Crippen LogP contribution in [0.25, 0.3) is 0 Å². The molecule has 0 saturated heterocycles. The topological polar surface area (TPSA) is 120 Å². The average Bonchev–Trinajstić information content (AvgIpc) is 2.66. The summed E-state index contributed by atoms with van der Waals surface area (Å²) in [5, 5.41) is 4.41. The second kappa shape index (κ2) is 7.56. The van der Waals surface area contributed by atoms with Gasteiger partial charge < -0.3 is 20.5 Å². The van der Waals surface area contributed by atoms with Crippen LogP contribution in [0, 0.1) is 0 Å². The Morgan fingerprint density at radius 3 is 2.46 bits per heavy atom. The van der Waals surface area contributed by atoms with Gasteiger partial charge in [-0.1, -0.05) is 24.3 Å². The molecule has 1 unspecified atom stereocenters. The van der Waals surface area contributed by atoms with Crippen molar-refractivity contribution in [2.24, 2.45) is 0 Å². The Morgan fingerprint density at radius 2 is 1.69 bits per heavy atom. The molecule has 0 radical (unpaired) electrons. The third-order valence-electron chi connectivity index (χ3n) is 3.70. The minimum Gasteiger partial charge on any atom is -0.486 e. The molecule has 3 amide bonds. The summed E-state index contributed by atoms with van der Waals surface area (Å²) in [4.78, 5) is 35.7. The molecule has 1 aliphatic rings.